The van der Waals surface area contributed by atoms with E-state index in [0.717, 1.165) is 18.7 Å². The van der Waals surface area contributed by atoms with Crippen molar-refractivity contribution in [2.45, 2.75) is 25.9 Å². The fourth-order valence-electron chi connectivity index (χ4n) is 2.11. The summed E-state index contributed by atoms with van der Waals surface area (Å²) < 4.78 is 13.5. The minimum Gasteiger partial charge on any atom is -0.348 e. The standard InChI is InChI=1S/C14H20FN3O/c1-9-3-4-11(7-12(9)15)10(2)18-14(19)13-8-16-5-6-17-13/h3-4,7,10,13,16-17H,5-6,8H2,1-2H3,(H,18,19). The molecule has 1 fully saturated rings. The topological polar surface area (TPSA) is 53.2 Å². The Balaban J connectivity index is 1.97. The molecule has 1 aliphatic rings. The van der Waals surface area contributed by atoms with Crippen molar-refractivity contribution in [3.05, 3.63) is 35.1 Å². The van der Waals surface area contributed by atoms with E-state index in [-0.39, 0.29) is 23.8 Å². The van der Waals surface area contributed by atoms with E-state index in [1.807, 2.05) is 13.0 Å². The van der Waals surface area contributed by atoms with Crippen LogP contribution in [0.5, 0.6) is 0 Å². The molecule has 3 N–H and O–H groups in total. The molecule has 0 bridgehead atoms. The van der Waals surface area contributed by atoms with Gasteiger partial charge in [0.05, 0.1) is 12.1 Å². The van der Waals surface area contributed by atoms with Gasteiger partial charge in [-0.3, -0.25) is 4.79 Å². The third kappa shape index (κ3) is 3.52. The number of piperazine rings is 1. The third-order valence-electron chi connectivity index (χ3n) is 3.41. The van der Waals surface area contributed by atoms with Crippen molar-refractivity contribution in [1.82, 2.24) is 16.0 Å². The molecule has 2 atom stereocenters. The Morgan fingerprint density at radius 1 is 1.47 bits per heavy atom. The summed E-state index contributed by atoms with van der Waals surface area (Å²) in [6.07, 6.45) is 0. The Kier molecular flexibility index (Phi) is 4.50. The van der Waals surface area contributed by atoms with Crippen LogP contribution in [0.3, 0.4) is 0 Å². The van der Waals surface area contributed by atoms with Crippen molar-refractivity contribution in [2.24, 2.45) is 0 Å². The van der Waals surface area contributed by atoms with E-state index in [0.29, 0.717) is 12.1 Å². The monoisotopic (exact) mass is 265 g/mol. The molecule has 1 amide bonds. The average molecular weight is 265 g/mol. The summed E-state index contributed by atoms with van der Waals surface area (Å²) in [4.78, 5) is 12.0. The zero-order valence-corrected chi connectivity index (χ0v) is 11.3. The van der Waals surface area contributed by atoms with Crippen molar-refractivity contribution in [3.8, 4) is 0 Å². The molecule has 0 aliphatic carbocycles. The van der Waals surface area contributed by atoms with Crippen LogP contribution in [0.2, 0.25) is 0 Å². The summed E-state index contributed by atoms with van der Waals surface area (Å²) in [5.41, 5.74) is 1.39. The minimum absolute atomic E-state index is 0.0549. The lowest BCUT2D eigenvalue weighted by atomic mass is 10.1. The lowest BCUT2D eigenvalue weighted by Crippen LogP contribution is -2.55. The van der Waals surface area contributed by atoms with E-state index < -0.39 is 0 Å². The molecule has 0 spiro atoms. The molecule has 0 radical (unpaired) electrons. The summed E-state index contributed by atoms with van der Waals surface area (Å²) >= 11 is 0. The predicted octanol–water partition coefficient (Wildman–Crippen LogP) is 0.873. The van der Waals surface area contributed by atoms with Gasteiger partial charge in [0, 0.05) is 19.6 Å². The first kappa shape index (κ1) is 14.0. The Labute approximate surface area is 112 Å². The van der Waals surface area contributed by atoms with E-state index in [1.54, 1.807) is 13.0 Å². The lowest BCUT2D eigenvalue weighted by Gasteiger charge is -2.25. The van der Waals surface area contributed by atoms with E-state index in [1.165, 1.54) is 6.07 Å². The van der Waals surface area contributed by atoms with Gasteiger partial charge in [-0.2, -0.15) is 0 Å². The Hall–Kier alpha value is -1.46. The normalized spacial score (nSPS) is 20.9. The number of halogens is 1. The molecular weight excluding hydrogens is 245 g/mol. The largest absolute Gasteiger partial charge is 0.348 e. The second kappa shape index (κ2) is 6.12. The highest BCUT2D eigenvalue weighted by molar-refractivity contribution is 5.82. The second-order valence-electron chi connectivity index (χ2n) is 4.95. The molecule has 1 aliphatic heterocycles. The van der Waals surface area contributed by atoms with Crippen LogP contribution in [0.25, 0.3) is 0 Å². The van der Waals surface area contributed by atoms with Crippen LogP contribution in [0, 0.1) is 12.7 Å². The first-order valence-corrected chi connectivity index (χ1v) is 6.58. The Bertz CT molecular complexity index is 458. The van der Waals surface area contributed by atoms with Crippen LogP contribution >= 0.6 is 0 Å². The predicted molar refractivity (Wildman–Crippen MR) is 72.4 cm³/mol. The second-order valence-corrected chi connectivity index (χ2v) is 4.95. The van der Waals surface area contributed by atoms with Crippen LogP contribution in [0.4, 0.5) is 4.39 Å². The molecule has 5 heteroatoms. The number of hydrogen-bond acceptors (Lipinski definition) is 3. The Morgan fingerprint density at radius 2 is 2.26 bits per heavy atom. The van der Waals surface area contributed by atoms with Gasteiger partial charge in [0.15, 0.2) is 0 Å². The molecule has 2 unspecified atom stereocenters. The number of hydrogen-bond donors (Lipinski definition) is 3. The van der Waals surface area contributed by atoms with Crippen LogP contribution in [0.1, 0.15) is 24.1 Å². The number of carbonyl (C=O) groups is 1. The lowest BCUT2D eigenvalue weighted by molar-refractivity contribution is -0.124. The van der Waals surface area contributed by atoms with Crippen molar-refractivity contribution < 1.29 is 9.18 Å². The molecule has 1 aromatic rings. The Morgan fingerprint density at radius 3 is 2.89 bits per heavy atom. The number of carbonyl (C=O) groups excluding carboxylic acids is 1. The van der Waals surface area contributed by atoms with Gasteiger partial charge in [0.25, 0.3) is 0 Å². The molecule has 1 aromatic carbocycles. The summed E-state index contributed by atoms with van der Waals surface area (Å²) in [5, 5.41) is 9.21. The highest BCUT2D eigenvalue weighted by atomic mass is 19.1. The zero-order chi connectivity index (χ0) is 13.8. The van der Waals surface area contributed by atoms with Crippen molar-refractivity contribution in [3.63, 3.8) is 0 Å². The maximum absolute atomic E-state index is 13.5. The quantitative estimate of drug-likeness (QED) is 0.760. The van der Waals surface area contributed by atoms with Gasteiger partial charge >= 0.3 is 0 Å². The third-order valence-corrected chi connectivity index (χ3v) is 3.41. The fourth-order valence-corrected chi connectivity index (χ4v) is 2.11. The summed E-state index contributed by atoms with van der Waals surface area (Å²) in [7, 11) is 0. The van der Waals surface area contributed by atoms with Gasteiger partial charge in [-0.1, -0.05) is 12.1 Å². The van der Waals surface area contributed by atoms with Crippen molar-refractivity contribution in [2.75, 3.05) is 19.6 Å². The molecule has 1 saturated heterocycles. The van der Waals surface area contributed by atoms with Crippen LogP contribution in [-0.4, -0.2) is 31.6 Å². The molecule has 1 heterocycles. The molecule has 2 rings (SSSR count). The van der Waals surface area contributed by atoms with E-state index in [4.69, 9.17) is 0 Å². The number of amides is 1. The summed E-state index contributed by atoms with van der Waals surface area (Å²) in [6.45, 7) is 5.87. The van der Waals surface area contributed by atoms with Crippen molar-refractivity contribution in [1.29, 1.82) is 0 Å². The van der Waals surface area contributed by atoms with Gasteiger partial charge in [-0.15, -0.1) is 0 Å². The zero-order valence-electron chi connectivity index (χ0n) is 11.3. The average Bonchev–Trinajstić information content (AvgIpc) is 2.42. The number of nitrogens with one attached hydrogen (secondary N) is 3. The fraction of sp³-hybridized carbons (Fsp3) is 0.500. The number of benzene rings is 1. The van der Waals surface area contributed by atoms with E-state index in [2.05, 4.69) is 16.0 Å². The maximum atomic E-state index is 13.5. The van der Waals surface area contributed by atoms with Crippen LogP contribution < -0.4 is 16.0 Å². The first-order valence-electron chi connectivity index (χ1n) is 6.58. The molecule has 0 aromatic heterocycles. The molecule has 19 heavy (non-hydrogen) atoms. The van der Waals surface area contributed by atoms with E-state index in [9.17, 15) is 9.18 Å². The van der Waals surface area contributed by atoms with Crippen LogP contribution in [0.15, 0.2) is 18.2 Å². The van der Waals surface area contributed by atoms with Crippen LogP contribution in [-0.2, 0) is 4.79 Å². The molecule has 0 saturated carbocycles. The number of rotatable bonds is 3. The summed E-state index contributed by atoms with van der Waals surface area (Å²) in [6, 6.07) is 4.63. The SMILES string of the molecule is Cc1ccc(C(C)NC(=O)C2CNCCN2)cc1F. The smallest absolute Gasteiger partial charge is 0.238 e. The first-order chi connectivity index (χ1) is 9.08. The van der Waals surface area contributed by atoms with Crippen molar-refractivity contribution >= 4 is 5.91 Å². The highest BCUT2D eigenvalue weighted by Gasteiger charge is 2.21. The van der Waals surface area contributed by atoms with Gasteiger partial charge < -0.3 is 16.0 Å². The van der Waals surface area contributed by atoms with Gasteiger partial charge in [-0.25, -0.2) is 4.39 Å². The molecule has 4 nitrogen and oxygen atoms in total. The van der Waals surface area contributed by atoms with Gasteiger partial charge in [0.1, 0.15) is 5.82 Å². The molecule has 104 valence electrons. The van der Waals surface area contributed by atoms with E-state index >= 15 is 0 Å². The maximum Gasteiger partial charge on any atom is 0.238 e. The molecular formula is C14H20FN3O. The minimum atomic E-state index is -0.240. The highest BCUT2D eigenvalue weighted by Crippen LogP contribution is 2.16. The van der Waals surface area contributed by atoms with Gasteiger partial charge in [-0.05, 0) is 31.0 Å². The summed E-state index contributed by atoms with van der Waals surface area (Å²) in [5.74, 6) is -0.295. The van der Waals surface area contributed by atoms with Gasteiger partial charge in [0.2, 0.25) is 5.91 Å². The number of aryl methyl sites for hydroxylation is 1.